The van der Waals surface area contributed by atoms with Crippen molar-refractivity contribution in [2.45, 2.75) is 40.2 Å². The van der Waals surface area contributed by atoms with Crippen LogP contribution in [0, 0.1) is 17.7 Å². The summed E-state index contributed by atoms with van der Waals surface area (Å²) in [7, 11) is 0. The highest BCUT2D eigenvalue weighted by Crippen LogP contribution is 2.28. The van der Waals surface area contributed by atoms with Gasteiger partial charge in [0.05, 0.1) is 6.20 Å². The molecule has 0 amide bonds. The summed E-state index contributed by atoms with van der Waals surface area (Å²) in [6, 6.07) is 1.62. The zero-order valence-electron chi connectivity index (χ0n) is 12.8. The van der Waals surface area contributed by atoms with Gasteiger partial charge in [-0.05, 0) is 37.3 Å². The van der Waals surface area contributed by atoms with Crippen molar-refractivity contribution < 1.29 is 4.39 Å². The third-order valence-electron chi connectivity index (χ3n) is 4.29. The van der Waals surface area contributed by atoms with E-state index in [2.05, 4.69) is 36.0 Å². The van der Waals surface area contributed by atoms with Crippen molar-refractivity contribution in [3.05, 3.63) is 23.6 Å². The van der Waals surface area contributed by atoms with Crippen LogP contribution in [0.4, 0.5) is 10.2 Å². The Morgan fingerprint density at radius 2 is 2.20 bits per heavy atom. The monoisotopic (exact) mass is 279 g/mol. The lowest BCUT2D eigenvalue weighted by atomic mass is 9.88. The Bertz CT molecular complexity index is 436. The molecular weight excluding hydrogens is 253 g/mol. The van der Waals surface area contributed by atoms with Crippen LogP contribution < -0.4 is 10.2 Å². The predicted octanol–water partition coefficient (Wildman–Crippen LogP) is 3.20. The van der Waals surface area contributed by atoms with Gasteiger partial charge in [-0.25, -0.2) is 9.37 Å². The van der Waals surface area contributed by atoms with Gasteiger partial charge in [0.25, 0.3) is 0 Å². The number of piperidine rings is 1. The van der Waals surface area contributed by atoms with Crippen LogP contribution in [0.15, 0.2) is 12.3 Å². The maximum absolute atomic E-state index is 13.5. The predicted molar refractivity (Wildman–Crippen MR) is 81.4 cm³/mol. The molecule has 1 aromatic rings. The molecule has 0 radical (unpaired) electrons. The summed E-state index contributed by atoms with van der Waals surface area (Å²) in [5.74, 6) is 2.12. The van der Waals surface area contributed by atoms with Crippen molar-refractivity contribution >= 4 is 5.82 Å². The Kier molecular flexibility index (Phi) is 5.35. The fourth-order valence-electron chi connectivity index (χ4n) is 2.74. The third kappa shape index (κ3) is 3.69. The molecule has 0 aromatic carbocycles. The minimum Gasteiger partial charge on any atom is -0.356 e. The van der Waals surface area contributed by atoms with E-state index in [0.717, 1.165) is 43.4 Å². The average Bonchev–Trinajstić information content (AvgIpc) is 2.43. The maximum atomic E-state index is 13.5. The van der Waals surface area contributed by atoms with Gasteiger partial charge in [0.1, 0.15) is 11.6 Å². The molecular formula is C16H26FN3. The molecule has 1 fully saturated rings. The highest BCUT2D eigenvalue weighted by molar-refractivity contribution is 5.47. The van der Waals surface area contributed by atoms with Crippen molar-refractivity contribution in [1.82, 2.24) is 10.3 Å². The highest BCUT2D eigenvalue weighted by Gasteiger charge is 2.25. The van der Waals surface area contributed by atoms with E-state index in [4.69, 9.17) is 0 Å². The first kappa shape index (κ1) is 15.2. The molecule has 3 nitrogen and oxygen atoms in total. The van der Waals surface area contributed by atoms with Crippen molar-refractivity contribution in [3.8, 4) is 0 Å². The molecule has 1 saturated heterocycles. The number of rotatable bonds is 5. The minimum absolute atomic E-state index is 0.250. The smallest absolute Gasteiger partial charge is 0.141 e. The first-order chi connectivity index (χ1) is 9.61. The molecule has 0 saturated carbocycles. The largest absolute Gasteiger partial charge is 0.356 e. The van der Waals surface area contributed by atoms with E-state index in [1.165, 1.54) is 12.6 Å². The average molecular weight is 279 g/mol. The molecule has 0 aliphatic carbocycles. The van der Waals surface area contributed by atoms with Gasteiger partial charge in [-0.2, -0.15) is 0 Å². The van der Waals surface area contributed by atoms with Crippen molar-refractivity contribution in [1.29, 1.82) is 0 Å². The van der Waals surface area contributed by atoms with Crippen molar-refractivity contribution in [2.24, 2.45) is 11.8 Å². The second-order valence-corrected chi connectivity index (χ2v) is 6.00. The standard InChI is InChI=1S/C16H26FN3/c1-4-6-18-9-14-8-15(17)10-19-16(14)20-7-5-12(2)13(3)11-20/h8,10,12-13,18H,4-7,9,11H2,1-3H3. The molecule has 1 aromatic heterocycles. The number of nitrogens with zero attached hydrogens (tertiary/aromatic N) is 2. The zero-order chi connectivity index (χ0) is 14.5. The molecule has 2 atom stereocenters. The number of hydrogen-bond acceptors (Lipinski definition) is 3. The van der Waals surface area contributed by atoms with E-state index >= 15 is 0 Å². The molecule has 4 heteroatoms. The molecule has 1 aliphatic heterocycles. The first-order valence-corrected chi connectivity index (χ1v) is 7.72. The topological polar surface area (TPSA) is 28.2 Å². The lowest BCUT2D eigenvalue weighted by Crippen LogP contribution is -2.39. The van der Waals surface area contributed by atoms with E-state index in [-0.39, 0.29) is 5.82 Å². The van der Waals surface area contributed by atoms with Crippen LogP contribution in [0.3, 0.4) is 0 Å². The second kappa shape index (κ2) is 7.02. The zero-order valence-corrected chi connectivity index (χ0v) is 12.8. The van der Waals surface area contributed by atoms with Crippen LogP contribution >= 0.6 is 0 Å². The Labute approximate surface area is 121 Å². The summed E-state index contributed by atoms with van der Waals surface area (Å²) in [6.07, 6.45) is 3.60. The lowest BCUT2D eigenvalue weighted by molar-refractivity contribution is 0.322. The fraction of sp³-hybridized carbons (Fsp3) is 0.688. The maximum Gasteiger partial charge on any atom is 0.141 e. The molecule has 1 aliphatic rings. The van der Waals surface area contributed by atoms with Gasteiger partial charge in [-0.15, -0.1) is 0 Å². The molecule has 112 valence electrons. The Hall–Kier alpha value is -1.16. The van der Waals surface area contributed by atoms with Gasteiger partial charge in [0, 0.05) is 25.2 Å². The molecule has 2 unspecified atom stereocenters. The number of halogens is 1. The molecule has 2 heterocycles. The van der Waals surface area contributed by atoms with E-state index in [0.29, 0.717) is 12.5 Å². The SMILES string of the molecule is CCCNCc1cc(F)cnc1N1CCC(C)C(C)C1. The van der Waals surface area contributed by atoms with E-state index in [9.17, 15) is 4.39 Å². The molecule has 1 N–H and O–H groups in total. The molecule has 2 rings (SSSR count). The Morgan fingerprint density at radius 1 is 1.40 bits per heavy atom. The highest BCUT2D eigenvalue weighted by atomic mass is 19.1. The lowest BCUT2D eigenvalue weighted by Gasteiger charge is -2.37. The summed E-state index contributed by atoms with van der Waals surface area (Å²) in [5, 5.41) is 3.34. The van der Waals surface area contributed by atoms with Gasteiger partial charge in [0.15, 0.2) is 0 Å². The summed E-state index contributed by atoms with van der Waals surface area (Å²) in [6.45, 7) is 10.4. The summed E-state index contributed by atoms with van der Waals surface area (Å²) < 4.78 is 13.5. The van der Waals surface area contributed by atoms with E-state index < -0.39 is 0 Å². The number of pyridine rings is 1. The molecule has 20 heavy (non-hydrogen) atoms. The number of aromatic nitrogens is 1. The van der Waals surface area contributed by atoms with E-state index in [1.807, 2.05) is 0 Å². The van der Waals surface area contributed by atoms with Crippen LogP contribution in [-0.4, -0.2) is 24.6 Å². The number of hydrogen-bond donors (Lipinski definition) is 1. The minimum atomic E-state index is -0.250. The van der Waals surface area contributed by atoms with Crippen LogP contribution in [0.5, 0.6) is 0 Å². The van der Waals surface area contributed by atoms with Gasteiger partial charge in [-0.1, -0.05) is 20.8 Å². The summed E-state index contributed by atoms with van der Waals surface area (Å²) >= 11 is 0. The van der Waals surface area contributed by atoms with Crippen LogP contribution in [0.1, 0.15) is 39.2 Å². The number of nitrogens with one attached hydrogen (secondary N) is 1. The van der Waals surface area contributed by atoms with Crippen molar-refractivity contribution in [3.63, 3.8) is 0 Å². The normalized spacial score (nSPS) is 23.1. The quantitative estimate of drug-likeness (QED) is 0.839. The van der Waals surface area contributed by atoms with Crippen LogP contribution in [-0.2, 0) is 6.54 Å². The van der Waals surface area contributed by atoms with Gasteiger partial charge in [-0.3, -0.25) is 0 Å². The van der Waals surface area contributed by atoms with Crippen LogP contribution in [0.25, 0.3) is 0 Å². The Balaban J connectivity index is 2.13. The molecule has 0 spiro atoms. The van der Waals surface area contributed by atoms with Gasteiger partial charge in [0.2, 0.25) is 0 Å². The molecule has 0 bridgehead atoms. The van der Waals surface area contributed by atoms with Gasteiger partial charge >= 0.3 is 0 Å². The third-order valence-corrected chi connectivity index (χ3v) is 4.29. The van der Waals surface area contributed by atoms with Gasteiger partial charge < -0.3 is 10.2 Å². The Morgan fingerprint density at radius 3 is 2.90 bits per heavy atom. The second-order valence-electron chi connectivity index (χ2n) is 6.00. The summed E-state index contributed by atoms with van der Waals surface area (Å²) in [4.78, 5) is 6.66. The first-order valence-electron chi connectivity index (χ1n) is 7.72. The summed E-state index contributed by atoms with van der Waals surface area (Å²) in [5.41, 5.74) is 0.972. The fourth-order valence-corrected chi connectivity index (χ4v) is 2.74. The number of anilines is 1. The van der Waals surface area contributed by atoms with Crippen molar-refractivity contribution in [2.75, 3.05) is 24.5 Å². The van der Waals surface area contributed by atoms with E-state index in [1.54, 1.807) is 6.07 Å². The van der Waals surface area contributed by atoms with Crippen LogP contribution in [0.2, 0.25) is 0 Å².